The smallest absolute Gasteiger partial charge is 0.275 e. The van der Waals surface area contributed by atoms with E-state index in [1.807, 2.05) is 26.0 Å². The van der Waals surface area contributed by atoms with Gasteiger partial charge in [-0.1, -0.05) is 64.7 Å². The van der Waals surface area contributed by atoms with E-state index < -0.39 is 11.5 Å². The van der Waals surface area contributed by atoms with Crippen LogP contribution in [0, 0.1) is 13.8 Å². The van der Waals surface area contributed by atoms with Crippen molar-refractivity contribution < 1.29 is 4.79 Å². The van der Waals surface area contributed by atoms with Crippen LogP contribution in [-0.2, 0) is 6.54 Å². The summed E-state index contributed by atoms with van der Waals surface area (Å²) in [5, 5.41) is 4.22. The van der Waals surface area contributed by atoms with E-state index in [-0.39, 0.29) is 11.2 Å². The van der Waals surface area contributed by atoms with Crippen molar-refractivity contribution >= 4 is 40.0 Å². The molecule has 0 spiro atoms. The number of carbonyl (C=O) groups excluding carboxylic acids is 1. The van der Waals surface area contributed by atoms with Gasteiger partial charge in [-0.05, 0) is 43.2 Å². The molecule has 0 bridgehead atoms. The van der Waals surface area contributed by atoms with Crippen molar-refractivity contribution in [1.82, 2.24) is 15.3 Å². The number of benzene rings is 2. The Hall–Kier alpha value is -3.15. The molecule has 0 aliphatic rings. The number of aromatic amines is 1. The van der Waals surface area contributed by atoms with E-state index in [1.165, 1.54) is 6.20 Å². The van der Waals surface area contributed by atoms with E-state index in [0.717, 1.165) is 16.7 Å². The van der Waals surface area contributed by atoms with Crippen molar-refractivity contribution in [1.29, 1.82) is 0 Å². The lowest BCUT2D eigenvalue weighted by Gasteiger charge is -2.14. The third-order valence-electron chi connectivity index (χ3n) is 4.95. The van der Waals surface area contributed by atoms with Crippen LogP contribution in [0.15, 0.2) is 59.5 Å². The first kappa shape index (κ1) is 21.1. The highest BCUT2D eigenvalue weighted by Gasteiger charge is 2.20. The molecule has 0 atom stereocenters. The molecule has 2 aromatic carbocycles. The monoisotopic (exact) mass is 451 g/mol. The molecule has 0 saturated heterocycles. The van der Waals surface area contributed by atoms with Gasteiger partial charge in [-0.3, -0.25) is 14.6 Å². The van der Waals surface area contributed by atoms with Crippen LogP contribution in [0.2, 0.25) is 10.0 Å². The largest absolute Gasteiger partial charge is 0.347 e. The van der Waals surface area contributed by atoms with E-state index in [4.69, 9.17) is 23.2 Å². The molecule has 7 heteroatoms. The van der Waals surface area contributed by atoms with Gasteiger partial charge in [0.25, 0.3) is 11.5 Å². The molecule has 4 rings (SSSR count). The average molecular weight is 452 g/mol. The SMILES string of the molecule is Cc1cc(C)cc(CNC(=O)c2[nH]c(=O)c3ncccc3c2-c2ccc(Cl)c(Cl)c2)c1. The van der Waals surface area contributed by atoms with Crippen LogP contribution >= 0.6 is 23.2 Å². The number of pyridine rings is 2. The summed E-state index contributed by atoms with van der Waals surface area (Å²) in [6, 6.07) is 14.7. The van der Waals surface area contributed by atoms with Crippen LogP contribution in [0.4, 0.5) is 0 Å². The maximum atomic E-state index is 13.2. The minimum absolute atomic E-state index is 0.147. The van der Waals surface area contributed by atoms with Gasteiger partial charge in [0.2, 0.25) is 0 Å². The average Bonchev–Trinajstić information content (AvgIpc) is 2.73. The summed E-state index contributed by atoms with van der Waals surface area (Å²) < 4.78 is 0. The Balaban J connectivity index is 1.81. The number of halogens is 2. The molecule has 4 aromatic rings. The maximum absolute atomic E-state index is 13.2. The highest BCUT2D eigenvalue weighted by molar-refractivity contribution is 6.42. The quantitative estimate of drug-likeness (QED) is 0.433. The predicted octanol–water partition coefficient (Wildman–Crippen LogP) is 5.44. The molecule has 0 aliphatic heterocycles. The van der Waals surface area contributed by atoms with Gasteiger partial charge in [0.15, 0.2) is 0 Å². The van der Waals surface area contributed by atoms with Crippen molar-refractivity contribution in [3.63, 3.8) is 0 Å². The fraction of sp³-hybridized carbons (Fsp3) is 0.125. The summed E-state index contributed by atoms with van der Waals surface area (Å²) in [6.07, 6.45) is 1.54. The third kappa shape index (κ3) is 4.33. The fourth-order valence-electron chi connectivity index (χ4n) is 3.72. The zero-order chi connectivity index (χ0) is 22.1. The number of aryl methyl sites for hydroxylation is 2. The zero-order valence-corrected chi connectivity index (χ0v) is 18.4. The van der Waals surface area contributed by atoms with E-state index in [2.05, 4.69) is 21.4 Å². The van der Waals surface area contributed by atoms with Gasteiger partial charge >= 0.3 is 0 Å². The zero-order valence-electron chi connectivity index (χ0n) is 16.9. The lowest BCUT2D eigenvalue weighted by molar-refractivity contribution is 0.0946. The molecule has 31 heavy (non-hydrogen) atoms. The molecular formula is C24H19Cl2N3O2. The van der Waals surface area contributed by atoms with Gasteiger partial charge in [0.05, 0.1) is 10.0 Å². The second-order valence-electron chi connectivity index (χ2n) is 7.41. The number of nitrogens with one attached hydrogen (secondary N) is 2. The van der Waals surface area contributed by atoms with Gasteiger partial charge < -0.3 is 10.3 Å². The van der Waals surface area contributed by atoms with Crippen LogP contribution < -0.4 is 10.9 Å². The summed E-state index contributed by atoms with van der Waals surface area (Å²) in [5.41, 5.74) is 4.36. The first-order valence-corrected chi connectivity index (χ1v) is 10.4. The van der Waals surface area contributed by atoms with Crippen molar-refractivity contribution in [2.75, 3.05) is 0 Å². The Labute approximate surface area is 189 Å². The predicted molar refractivity (Wildman–Crippen MR) is 125 cm³/mol. The molecular weight excluding hydrogens is 433 g/mol. The molecule has 0 saturated carbocycles. The second kappa shape index (κ2) is 8.53. The van der Waals surface area contributed by atoms with Gasteiger partial charge in [-0.2, -0.15) is 0 Å². The Morgan fingerprint density at radius 3 is 2.48 bits per heavy atom. The maximum Gasteiger partial charge on any atom is 0.275 e. The topological polar surface area (TPSA) is 74.8 Å². The fourth-order valence-corrected chi connectivity index (χ4v) is 4.02. The number of nitrogens with zero attached hydrogens (tertiary/aromatic N) is 1. The van der Waals surface area contributed by atoms with Crippen molar-refractivity contribution in [2.24, 2.45) is 0 Å². The summed E-state index contributed by atoms with van der Waals surface area (Å²) in [4.78, 5) is 32.7. The highest BCUT2D eigenvalue weighted by Crippen LogP contribution is 2.33. The number of hydrogen-bond donors (Lipinski definition) is 2. The summed E-state index contributed by atoms with van der Waals surface area (Å²) in [5.74, 6) is -0.400. The summed E-state index contributed by atoms with van der Waals surface area (Å²) in [6.45, 7) is 4.35. The molecule has 0 fully saturated rings. The minimum atomic E-state index is -0.434. The van der Waals surface area contributed by atoms with E-state index in [1.54, 1.807) is 30.3 Å². The lowest BCUT2D eigenvalue weighted by Crippen LogP contribution is -2.27. The molecule has 156 valence electrons. The van der Waals surface area contributed by atoms with Crippen LogP contribution in [0.25, 0.3) is 22.0 Å². The van der Waals surface area contributed by atoms with Crippen molar-refractivity contribution in [3.8, 4) is 11.1 Å². The van der Waals surface area contributed by atoms with E-state index in [9.17, 15) is 9.59 Å². The minimum Gasteiger partial charge on any atom is -0.347 e. The first-order valence-electron chi connectivity index (χ1n) is 9.65. The number of carbonyl (C=O) groups is 1. The molecule has 0 unspecified atom stereocenters. The van der Waals surface area contributed by atoms with Crippen molar-refractivity contribution in [3.05, 3.63) is 97.5 Å². The number of rotatable bonds is 4. The number of amides is 1. The normalized spacial score (nSPS) is 11.0. The van der Waals surface area contributed by atoms with Crippen molar-refractivity contribution in [2.45, 2.75) is 20.4 Å². The standard InChI is InChI=1S/C24H19Cl2N3O2/c1-13-8-14(2)10-15(9-13)12-28-23(30)22-20(16-5-6-18(25)19(26)11-16)17-4-3-7-27-21(17)24(31)29-22/h3-11H,12H2,1-2H3,(H,28,30)(H,29,31). The van der Waals surface area contributed by atoms with Gasteiger partial charge in [-0.25, -0.2) is 0 Å². The molecule has 5 nitrogen and oxygen atoms in total. The first-order chi connectivity index (χ1) is 14.8. The van der Waals surface area contributed by atoms with Crippen LogP contribution in [-0.4, -0.2) is 15.9 Å². The second-order valence-corrected chi connectivity index (χ2v) is 8.23. The highest BCUT2D eigenvalue weighted by atomic mass is 35.5. The molecule has 1 amide bonds. The molecule has 0 aliphatic carbocycles. The number of aromatic nitrogens is 2. The molecule has 2 N–H and O–H groups in total. The Kier molecular flexibility index (Phi) is 5.81. The third-order valence-corrected chi connectivity index (χ3v) is 5.69. The van der Waals surface area contributed by atoms with Gasteiger partial charge in [-0.15, -0.1) is 0 Å². The summed E-state index contributed by atoms with van der Waals surface area (Å²) in [7, 11) is 0. The molecule has 2 heterocycles. The van der Waals surface area contributed by atoms with Gasteiger partial charge in [0, 0.05) is 23.7 Å². The van der Waals surface area contributed by atoms with Crippen LogP contribution in [0.1, 0.15) is 27.2 Å². The number of fused-ring (bicyclic) bond motifs is 1. The van der Waals surface area contributed by atoms with E-state index in [0.29, 0.717) is 33.1 Å². The Bertz CT molecular complexity index is 1360. The van der Waals surface area contributed by atoms with Crippen LogP contribution in [0.5, 0.6) is 0 Å². The van der Waals surface area contributed by atoms with Gasteiger partial charge in [0.1, 0.15) is 11.2 Å². The Morgan fingerprint density at radius 2 is 1.77 bits per heavy atom. The number of H-pyrrole nitrogens is 1. The summed E-state index contributed by atoms with van der Waals surface area (Å²) >= 11 is 12.3. The molecule has 2 aromatic heterocycles. The molecule has 0 radical (unpaired) electrons. The Morgan fingerprint density at radius 1 is 1.03 bits per heavy atom. The number of hydrogen-bond acceptors (Lipinski definition) is 3. The van der Waals surface area contributed by atoms with Crippen LogP contribution in [0.3, 0.4) is 0 Å². The van der Waals surface area contributed by atoms with E-state index >= 15 is 0 Å². The lowest BCUT2D eigenvalue weighted by atomic mass is 9.98.